The van der Waals surface area contributed by atoms with Crippen LogP contribution >= 0.6 is 0 Å². The number of carbonyl (C=O) groups is 2. The second-order valence-corrected chi connectivity index (χ2v) is 5.71. The number of esters is 1. The number of hydrogen-bond donors (Lipinski definition) is 1. The van der Waals surface area contributed by atoms with E-state index in [1.807, 2.05) is 30.3 Å². The van der Waals surface area contributed by atoms with Gasteiger partial charge in [0.1, 0.15) is 22.8 Å². The lowest BCUT2D eigenvalue weighted by Crippen LogP contribution is -2.31. The van der Waals surface area contributed by atoms with Gasteiger partial charge in [-0.1, -0.05) is 35.5 Å². The van der Waals surface area contributed by atoms with Gasteiger partial charge in [0.2, 0.25) is 0 Å². The predicted molar refractivity (Wildman–Crippen MR) is 92.2 cm³/mol. The van der Waals surface area contributed by atoms with E-state index < -0.39 is 18.5 Å². The molecule has 134 valence electrons. The summed E-state index contributed by atoms with van der Waals surface area (Å²) in [6.45, 7) is 2.98. The minimum atomic E-state index is -0.664. The number of hydrogen-bond acceptors (Lipinski definition) is 6. The third-order valence-electron chi connectivity index (χ3n) is 3.80. The molecule has 0 aliphatic rings. The third kappa shape index (κ3) is 3.83. The van der Waals surface area contributed by atoms with Gasteiger partial charge in [0.15, 0.2) is 6.61 Å². The van der Waals surface area contributed by atoms with Crippen molar-refractivity contribution < 1.29 is 23.3 Å². The van der Waals surface area contributed by atoms with Gasteiger partial charge in [-0.15, -0.1) is 0 Å². The van der Waals surface area contributed by atoms with Crippen LogP contribution in [0.15, 0.2) is 57.7 Å². The first-order chi connectivity index (χ1) is 12.6. The molecule has 3 rings (SSSR count). The summed E-state index contributed by atoms with van der Waals surface area (Å²) in [5.41, 5.74) is 1.33. The third-order valence-corrected chi connectivity index (χ3v) is 3.80. The quantitative estimate of drug-likeness (QED) is 0.683. The Kier molecular flexibility index (Phi) is 5.17. The summed E-state index contributed by atoms with van der Waals surface area (Å²) < 4.78 is 15.5. The molecule has 0 fully saturated rings. The Hall–Kier alpha value is -3.35. The standard InChI is InChI=1S/C19H18N2O5/c1-12(15-9-6-10-24-15)20-16(22)11-25-19(23)17-13(2)26-21-18(17)14-7-4-3-5-8-14/h3-10,12H,11H2,1-2H3,(H,20,22)/t12-/m0/s1. The molecule has 7 heteroatoms. The normalized spacial score (nSPS) is 11.8. The second kappa shape index (κ2) is 7.69. The lowest BCUT2D eigenvalue weighted by atomic mass is 10.1. The maximum Gasteiger partial charge on any atom is 0.344 e. The summed E-state index contributed by atoms with van der Waals surface area (Å²) in [5.74, 6) is -0.148. The van der Waals surface area contributed by atoms with Gasteiger partial charge in [-0.05, 0) is 26.0 Å². The van der Waals surface area contributed by atoms with Gasteiger partial charge in [0, 0.05) is 5.56 Å². The van der Waals surface area contributed by atoms with Crippen LogP contribution in [0.5, 0.6) is 0 Å². The highest BCUT2D eigenvalue weighted by molar-refractivity contribution is 5.98. The van der Waals surface area contributed by atoms with Crippen molar-refractivity contribution in [1.82, 2.24) is 10.5 Å². The molecule has 26 heavy (non-hydrogen) atoms. The van der Waals surface area contributed by atoms with Crippen LogP contribution in [0, 0.1) is 6.92 Å². The lowest BCUT2D eigenvalue weighted by molar-refractivity contribution is -0.125. The zero-order valence-electron chi connectivity index (χ0n) is 14.4. The molecule has 0 bridgehead atoms. The highest BCUT2D eigenvalue weighted by Gasteiger charge is 2.24. The van der Waals surface area contributed by atoms with Gasteiger partial charge in [0.05, 0.1) is 12.3 Å². The van der Waals surface area contributed by atoms with Gasteiger partial charge in [-0.3, -0.25) is 4.79 Å². The number of benzene rings is 1. The minimum absolute atomic E-state index is 0.211. The molecule has 3 aromatic rings. The Morgan fingerprint density at radius 3 is 2.65 bits per heavy atom. The molecule has 1 atom stereocenters. The molecule has 2 heterocycles. The number of nitrogens with zero attached hydrogens (tertiary/aromatic N) is 1. The van der Waals surface area contributed by atoms with E-state index in [1.165, 1.54) is 6.26 Å². The molecule has 2 aromatic heterocycles. The average molecular weight is 354 g/mol. The van der Waals surface area contributed by atoms with Crippen LogP contribution in [-0.4, -0.2) is 23.6 Å². The average Bonchev–Trinajstić information content (AvgIpc) is 3.30. The number of furan rings is 1. The van der Waals surface area contributed by atoms with Gasteiger partial charge >= 0.3 is 5.97 Å². The maximum atomic E-state index is 12.4. The summed E-state index contributed by atoms with van der Waals surface area (Å²) in [5, 5.41) is 6.62. The second-order valence-electron chi connectivity index (χ2n) is 5.71. The van der Waals surface area contributed by atoms with Crippen molar-refractivity contribution in [3.63, 3.8) is 0 Å². The van der Waals surface area contributed by atoms with Crippen LogP contribution < -0.4 is 5.32 Å². The predicted octanol–water partition coefficient (Wildman–Crippen LogP) is 3.28. The zero-order valence-corrected chi connectivity index (χ0v) is 14.4. The largest absolute Gasteiger partial charge is 0.467 e. The van der Waals surface area contributed by atoms with Crippen molar-refractivity contribution in [2.24, 2.45) is 0 Å². The van der Waals surface area contributed by atoms with Gasteiger partial charge in [-0.2, -0.15) is 0 Å². The first-order valence-corrected chi connectivity index (χ1v) is 8.08. The number of aromatic nitrogens is 1. The molecular weight excluding hydrogens is 336 g/mol. The van der Waals surface area contributed by atoms with Crippen molar-refractivity contribution in [1.29, 1.82) is 0 Å². The first-order valence-electron chi connectivity index (χ1n) is 8.08. The van der Waals surface area contributed by atoms with Crippen molar-refractivity contribution in [3.8, 4) is 11.3 Å². The molecule has 0 saturated carbocycles. The van der Waals surface area contributed by atoms with Gasteiger partial charge < -0.3 is 19.0 Å². The number of ether oxygens (including phenoxy) is 1. The molecule has 0 unspecified atom stereocenters. The fourth-order valence-corrected chi connectivity index (χ4v) is 2.50. The van der Waals surface area contributed by atoms with Crippen molar-refractivity contribution in [3.05, 3.63) is 65.8 Å². The summed E-state index contributed by atoms with van der Waals surface area (Å²) in [6, 6.07) is 12.3. The molecule has 0 radical (unpaired) electrons. The number of carbonyl (C=O) groups excluding carboxylic acids is 2. The molecule has 0 saturated heterocycles. The summed E-state index contributed by atoms with van der Waals surface area (Å²) in [6.07, 6.45) is 1.53. The van der Waals surface area contributed by atoms with E-state index in [4.69, 9.17) is 13.7 Å². The number of rotatable bonds is 6. The van der Waals surface area contributed by atoms with E-state index in [9.17, 15) is 9.59 Å². The van der Waals surface area contributed by atoms with Crippen molar-refractivity contribution >= 4 is 11.9 Å². The topological polar surface area (TPSA) is 94.6 Å². The smallest absolute Gasteiger partial charge is 0.344 e. The van der Waals surface area contributed by atoms with Crippen LogP contribution in [0.1, 0.15) is 34.8 Å². The van der Waals surface area contributed by atoms with Crippen LogP contribution in [0.4, 0.5) is 0 Å². The van der Waals surface area contributed by atoms with E-state index in [-0.39, 0.29) is 11.6 Å². The highest BCUT2D eigenvalue weighted by atomic mass is 16.5. The Morgan fingerprint density at radius 2 is 1.96 bits per heavy atom. The van der Waals surface area contributed by atoms with Gasteiger partial charge in [-0.25, -0.2) is 4.79 Å². The van der Waals surface area contributed by atoms with Crippen LogP contribution in [0.25, 0.3) is 11.3 Å². The number of amides is 1. The first kappa shape index (κ1) is 17.5. The fraction of sp³-hybridized carbons (Fsp3) is 0.211. The van der Waals surface area contributed by atoms with E-state index in [1.54, 1.807) is 26.0 Å². The highest BCUT2D eigenvalue weighted by Crippen LogP contribution is 2.25. The minimum Gasteiger partial charge on any atom is -0.467 e. The molecule has 1 aromatic carbocycles. The zero-order chi connectivity index (χ0) is 18.5. The van der Waals surface area contributed by atoms with E-state index in [0.717, 1.165) is 5.56 Å². The summed E-state index contributed by atoms with van der Waals surface area (Å²) >= 11 is 0. The summed E-state index contributed by atoms with van der Waals surface area (Å²) in [7, 11) is 0. The van der Waals surface area contributed by atoms with E-state index in [2.05, 4.69) is 10.5 Å². The Balaban J connectivity index is 1.64. The van der Waals surface area contributed by atoms with Crippen LogP contribution in [0.2, 0.25) is 0 Å². The Labute approximate surface area is 149 Å². The maximum absolute atomic E-state index is 12.4. The number of nitrogens with one attached hydrogen (secondary N) is 1. The monoisotopic (exact) mass is 354 g/mol. The van der Waals surface area contributed by atoms with Crippen LogP contribution in [0.3, 0.4) is 0 Å². The fourth-order valence-electron chi connectivity index (χ4n) is 2.50. The van der Waals surface area contributed by atoms with Crippen molar-refractivity contribution in [2.75, 3.05) is 6.61 Å². The molecular formula is C19H18N2O5. The molecule has 0 spiro atoms. The molecule has 7 nitrogen and oxygen atoms in total. The van der Waals surface area contributed by atoms with Crippen molar-refractivity contribution in [2.45, 2.75) is 19.9 Å². The molecule has 1 N–H and O–H groups in total. The molecule has 1 amide bonds. The van der Waals surface area contributed by atoms with E-state index >= 15 is 0 Å². The number of aryl methyl sites for hydroxylation is 1. The van der Waals surface area contributed by atoms with E-state index in [0.29, 0.717) is 17.2 Å². The molecule has 0 aliphatic carbocycles. The summed E-state index contributed by atoms with van der Waals surface area (Å²) in [4.78, 5) is 24.4. The Morgan fingerprint density at radius 1 is 1.19 bits per heavy atom. The molecule has 0 aliphatic heterocycles. The lowest BCUT2D eigenvalue weighted by Gasteiger charge is -2.11. The van der Waals surface area contributed by atoms with Gasteiger partial charge in [0.25, 0.3) is 5.91 Å². The SMILES string of the molecule is Cc1onc(-c2ccccc2)c1C(=O)OCC(=O)N[C@@H](C)c1ccco1. The van der Waals surface area contributed by atoms with Crippen LogP contribution in [-0.2, 0) is 9.53 Å². The Bertz CT molecular complexity index is 884.